The van der Waals surface area contributed by atoms with Gasteiger partial charge in [0.05, 0.1) is 0 Å². The lowest BCUT2D eigenvalue weighted by atomic mass is 9.85. The lowest BCUT2D eigenvalue weighted by Crippen LogP contribution is -2.44. The van der Waals surface area contributed by atoms with Crippen LogP contribution in [0.15, 0.2) is 29.3 Å². The summed E-state index contributed by atoms with van der Waals surface area (Å²) in [4.78, 5) is 20.0. The van der Waals surface area contributed by atoms with Crippen molar-refractivity contribution in [1.82, 2.24) is 10.2 Å². The SMILES string of the molecule is CCC1=N[C@]2(CC[C@H]3CN(Cc4ccccc4C)C[C@H]32)C(=O)N1. The predicted octanol–water partition coefficient (Wildman–Crippen LogP) is 2.51. The quantitative estimate of drug-likeness (QED) is 0.932. The largest absolute Gasteiger partial charge is 0.312 e. The molecule has 4 rings (SSSR count). The molecule has 1 N–H and O–H groups in total. The van der Waals surface area contributed by atoms with Gasteiger partial charge in [-0.3, -0.25) is 14.7 Å². The Morgan fingerprint density at radius 1 is 1.35 bits per heavy atom. The van der Waals surface area contributed by atoms with Crippen LogP contribution < -0.4 is 5.32 Å². The maximum Gasteiger partial charge on any atom is 0.253 e. The average Bonchev–Trinajstić information content (AvgIpc) is 3.18. The molecule has 0 bridgehead atoms. The van der Waals surface area contributed by atoms with Crippen molar-refractivity contribution in [1.29, 1.82) is 0 Å². The molecule has 3 aliphatic rings. The zero-order valence-electron chi connectivity index (χ0n) is 14.0. The summed E-state index contributed by atoms with van der Waals surface area (Å²) in [6.45, 7) is 7.32. The predicted molar refractivity (Wildman–Crippen MR) is 91.3 cm³/mol. The molecular formula is C19H25N3O. The lowest BCUT2D eigenvalue weighted by Gasteiger charge is -2.26. The number of carbonyl (C=O) groups is 1. The van der Waals surface area contributed by atoms with Crippen molar-refractivity contribution >= 4 is 11.7 Å². The summed E-state index contributed by atoms with van der Waals surface area (Å²) in [6, 6.07) is 8.60. The van der Waals surface area contributed by atoms with E-state index in [0.717, 1.165) is 44.7 Å². The standard InChI is InChI=1S/C19H25N3O/c1-3-17-20-18(23)19(21-17)9-8-15-11-22(12-16(15)19)10-14-7-5-4-6-13(14)2/h4-7,15-16H,3,8-12H2,1-2H3,(H,20,21,23)/t15-,16+,19-/m0/s1. The number of hydrogen-bond acceptors (Lipinski definition) is 3. The molecule has 1 amide bonds. The molecule has 23 heavy (non-hydrogen) atoms. The number of fused-ring (bicyclic) bond motifs is 2. The maximum atomic E-state index is 12.6. The summed E-state index contributed by atoms with van der Waals surface area (Å²) < 4.78 is 0. The minimum atomic E-state index is -0.462. The maximum absolute atomic E-state index is 12.6. The first-order valence-corrected chi connectivity index (χ1v) is 8.79. The molecule has 1 saturated carbocycles. The van der Waals surface area contributed by atoms with E-state index >= 15 is 0 Å². The van der Waals surface area contributed by atoms with Crippen LogP contribution in [-0.2, 0) is 11.3 Å². The van der Waals surface area contributed by atoms with E-state index in [-0.39, 0.29) is 5.91 Å². The van der Waals surface area contributed by atoms with E-state index in [1.807, 2.05) is 0 Å². The van der Waals surface area contributed by atoms with Crippen LogP contribution in [0, 0.1) is 18.8 Å². The van der Waals surface area contributed by atoms with Gasteiger partial charge in [0, 0.05) is 32.0 Å². The Morgan fingerprint density at radius 3 is 2.91 bits per heavy atom. The number of nitrogens with zero attached hydrogens (tertiary/aromatic N) is 2. The third-order valence-electron chi connectivity index (χ3n) is 6.00. The van der Waals surface area contributed by atoms with Gasteiger partial charge in [0.2, 0.25) is 0 Å². The molecule has 2 fully saturated rings. The van der Waals surface area contributed by atoms with Gasteiger partial charge in [0.25, 0.3) is 5.91 Å². The fourth-order valence-corrected chi connectivity index (χ4v) is 4.69. The molecule has 122 valence electrons. The summed E-state index contributed by atoms with van der Waals surface area (Å²) in [7, 11) is 0. The van der Waals surface area contributed by atoms with E-state index in [1.54, 1.807) is 0 Å². The highest BCUT2D eigenvalue weighted by molar-refractivity contribution is 6.08. The van der Waals surface area contributed by atoms with Gasteiger partial charge in [0.15, 0.2) is 0 Å². The van der Waals surface area contributed by atoms with Crippen molar-refractivity contribution in [2.75, 3.05) is 13.1 Å². The van der Waals surface area contributed by atoms with Crippen LogP contribution in [0.1, 0.15) is 37.3 Å². The van der Waals surface area contributed by atoms with Gasteiger partial charge in [-0.15, -0.1) is 0 Å². The van der Waals surface area contributed by atoms with E-state index < -0.39 is 5.54 Å². The molecule has 0 unspecified atom stereocenters. The summed E-state index contributed by atoms with van der Waals surface area (Å²) >= 11 is 0. The van der Waals surface area contributed by atoms with Crippen molar-refractivity contribution in [2.45, 2.75) is 45.2 Å². The minimum absolute atomic E-state index is 0.152. The number of amidine groups is 1. The molecule has 0 radical (unpaired) electrons. The number of benzene rings is 1. The number of amides is 1. The number of likely N-dealkylation sites (tertiary alicyclic amines) is 1. The summed E-state index contributed by atoms with van der Waals surface area (Å²) in [6.07, 6.45) is 2.87. The Hall–Kier alpha value is -1.68. The third kappa shape index (κ3) is 2.31. The Kier molecular flexibility index (Phi) is 3.52. The number of hydrogen-bond donors (Lipinski definition) is 1. The minimum Gasteiger partial charge on any atom is -0.312 e. The zero-order valence-corrected chi connectivity index (χ0v) is 14.0. The first-order chi connectivity index (χ1) is 11.1. The molecule has 1 saturated heterocycles. The van der Waals surface area contributed by atoms with Gasteiger partial charge in [-0.25, -0.2) is 0 Å². The Balaban J connectivity index is 1.53. The Bertz CT molecular complexity index is 668. The van der Waals surface area contributed by atoms with E-state index in [9.17, 15) is 4.79 Å². The van der Waals surface area contributed by atoms with Crippen LogP contribution in [0.3, 0.4) is 0 Å². The summed E-state index contributed by atoms with van der Waals surface area (Å²) in [5.41, 5.74) is 2.29. The van der Waals surface area contributed by atoms with Gasteiger partial charge >= 0.3 is 0 Å². The van der Waals surface area contributed by atoms with Gasteiger partial charge in [-0.05, 0) is 36.8 Å². The number of aliphatic imine (C=N–C) groups is 1. The number of nitrogens with one attached hydrogen (secondary N) is 1. The summed E-state index contributed by atoms with van der Waals surface area (Å²) in [5.74, 6) is 2.04. The van der Waals surface area contributed by atoms with Crippen LogP contribution in [0.2, 0.25) is 0 Å². The van der Waals surface area contributed by atoms with E-state index in [0.29, 0.717) is 11.8 Å². The fraction of sp³-hybridized carbons (Fsp3) is 0.579. The number of aryl methyl sites for hydroxylation is 1. The molecule has 0 aromatic heterocycles. The van der Waals surface area contributed by atoms with Crippen LogP contribution in [0.25, 0.3) is 0 Å². The molecule has 4 heteroatoms. The van der Waals surface area contributed by atoms with Crippen molar-refractivity contribution < 1.29 is 4.79 Å². The van der Waals surface area contributed by atoms with Crippen molar-refractivity contribution in [3.8, 4) is 0 Å². The topological polar surface area (TPSA) is 44.7 Å². The summed E-state index contributed by atoms with van der Waals surface area (Å²) in [5, 5.41) is 3.02. The molecule has 4 nitrogen and oxygen atoms in total. The fourth-order valence-electron chi connectivity index (χ4n) is 4.69. The van der Waals surface area contributed by atoms with E-state index in [1.165, 1.54) is 11.1 Å². The van der Waals surface area contributed by atoms with Crippen LogP contribution in [0.4, 0.5) is 0 Å². The first-order valence-electron chi connectivity index (χ1n) is 8.79. The molecule has 1 spiro atoms. The van der Waals surface area contributed by atoms with Gasteiger partial charge in [0.1, 0.15) is 11.4 Å². The highest BCUT2D eigenvalue weighted by Gasteiger charge is 2.58. The normalized spacial score (nSPS) is 33.1. The van der Waals surface area contributed by atoms with Gasteiger partial charge in [-0.2, -0.15) is 0 Å². The smallest absolute Gasteiger partial charge is 0.253 e. The van der Waals surface area contributed by atoms with Crippen LogP contribution >= 0.6 is 0 Å². The van der Waals surface area contributed by atoms with E-state index in [2.05, 4.69) is 48.3 Å². The van der Waals surface area contributed by atoms with Crippen LogP contribution in [0.5, 0.6) is 0 Å². The molecule has 1 aromatic rings. The molecule has 1 aliphatic carbocycles. The van der Waals surface area contributed by atoms with E-state index in [4.69, 9.17) is 4.99 Å². The molecular weight excluding hydrogens is 286 g/mol. The van der Waals surface area contributed by atoms with Crippen molar-refractivity contribution in [3.63, 3.8) is 0 Å². The van der Waals surface area contributed by atoms with Gasteiger partial charge < -0.3 is 5.32 Å². The molecule has 2 heterocycles. The van der Waals surface area contributed by atoms with Crippen molar-refractivity contribution in [2.24, 2.45) is 16.8 Å². The molecule has 3 atom stereocenters. The second-order valence-electron chi connectivity index (χ2n) is 7.32. The van der Waals surface area contributed by atoms with Gasteiger partial charge in [-0.1, -0.05) is 31.2 Å². The van der Waals surface area contributed by atoms with Crippen molar-refractivity contribution in [3.05, 3.63) is 35.4 Å². The Morgan fingerprint density at radius 2 is 2.17 bits per heavy atom. The average molecular weight is 311 g/mol. The number of carbonyl (C=O) groups excluding carboxylic acids is 1. The van der Waals surface area contributed by atoms with Crippen LogP contribution in [-0.4, -0.2) is 35.3 Å². The second-order valence-corrected chi connectivity index (χ2v) is 7.32. The highest BCUT2D eigenvalue weighted by atomic mass is 16.2. The highest BCUT2D eigenvalue weighted by Crippen LogP contribution is 2.49. The second kappa shape index (κ2) is 5.45. The molecule has 2 aliphatic heterocycles. The monoisotopic (exact) mass is 311 g/mol. The zero-order chi connectivity index (χ0) is 16.0. The molecule has 1 aromatic carbocycles. The third-order valence-corrected chi connectivity index (χ3v) is 6.00. The first kappa shape index (κ1) is 14.9. The Labute approximate surface area is 138 Å². The number of rotatable bonds is 3. The lowest BCUT2D eigenvalue weighted by molar-refractivity contribution is -0.125.